The quantitative estimate of drug-likeness (QED) is 0.476. The van der Waals surface area contributed by atoms with Crippen LogP contribution < -0.4 is 4.90 Å². The van der Waals surface area contributed by atoms with E-state index in [-0.39, 0.29) is 5.91 Å². The second kappa shape index (κ2) is 7.29. The number of hydrogen-bond acceptors (Lipinski definition) is 5. The molecule has 1 aromatic carbocycles. The molecule has 120 valence electrons. The van der Waals surface area contributed by atoms with Crippen LogP contribution in [0, 0.1) is 0 Å². The summed E-state index contributed by atoms with van der Waals surface area (Å²) in [5.41, 5.74) is 2.17. The van der Waals surface area contributed by atoms with E-state index in [0.29, 0.717) is 15.8 Å². The fraction of sp³-hybridized carbons (Fsp3) is 0.294. The molecule has 0 saturated carbocycles. The van der Waals surface area contributed by atoms with Gasteiger partial charge in [-0.25, -0.2) is 0 Å². The lowest BCUT2D eigenvalue weighted by atomic mass is 10.1. The van der Waals surface area contributed by atoms with Gasteiger partial charge in [0.25, 0.3) is 5.91 Å². The maximum atomic E-state index is 12.5. The van der Waals surface area contributed by atoms with Gasteiger partial charge in [0, 0.05) is 25.3 Å². The fourth-order valence-electron chi connectivity index (χ4n) is 2.63. The summed E-state index contributed by atoms with van der Waals surface area (Å²) in [6.45, 7) is 7.32. The third kappa shape index (κ3) is 3.49. The number of morpholine rings is 1. The van der Waals surface area contributed by atoms with E-state index in [9.17, 15) is 4.79 Å². The van der Waals surface area contributed by atoms with Gasteiger partial charge in [0.05, 0.1) is 18.1 Å². The number of amides is 1. The minimum absolute atomic E-state index is 0.0447. The van der Waals surface area contributed by atoms with E-state index in [1.54, 1.807) is 11.0 Å². The molecule has 0 aromatic heterocycles. The van der Waals surface area contributed by atoms with Gasteiger partial charge in [0.15, 0.2) is 0 Å². The lowest BCUT2D eigenvalue weighted by Crippen LogP contribution is -2.36. The molecule has 2 saturated heterocycles. The van der Waals surface area contributed by atoms with E-state index in [1.807, 2.05) is 24.3 Å². The molecular formula is C17H18N2O2S2. The molecule has 0 atom stereocenters. The Labute approximate surface area is 145 Å². The third-order valence-corrected chi connectivity index (χ3v) is 5.14. The van der Waals surface area contributed by atoms with Crippen LogP contribution in [0.1, 0.15) is 5.56 Å². The number of carbonyl (C=O) groups is 1. The van der Waals surface area contributed by atoms with Gasteiger partial charge in [-0.2, -0.15) is 0 Å². The highest BCUT2D eigenvalue weighted by atomic mass is 32.2. The molecule has 0 bridgehead atoms. The third-order valence-electron chi connectivity index (χ3n) is 3.76. The molecule has 0 spiro atoms. The predicted octanol–water partition coefficient (Wildman–Crippen LogP) is 2.91. The maximum Gasteiger partial charge on any atom is 0.266 e. The number of ether oxygens (including phenoxy) is 1. The van der Waals surface area contributed by atoms with Gasteiger partial charge in [0.2, 0.25) is 0 Å². The van der Waals surface area contributed by atoms with Crippen LogP contribution in [-0.4, -0.2) is 48.0 Å². The Morgan fingerprint density at radius 1 is 1.30 bits per heavy atom. The Bertz CT molecular complexity index is 666. The first-order valence-electron chi connectivity index (χ1n) is 7.48. The van der Waals surface area contributed by atoms with Crippen molar-refractivity contribution in [3.63, 3.8) is 0 Å². The summed E-state index contributed by atoms with van der Waals surface area (Å²) in [6.07, 6.45) is 3.63. The highest BCUT2D eigenvalue weighted by Gasteiger charge is 2.31. The number of thiocarbonyl (C=S) groups is 1. The van der Waals surface area contributed by atoms with Crippen LogP contribution in [0.5, 0.6) is 0 Å². The Kier molecular flexibility index (Phi) is 5.15. The Morgan fingerprint density at radius 2 is 2.04 bits per heavy atom. The summed E-state index contributed by atoms with van der Waals surface area (Å²) in [4.78, 5) is 17.0. The minimum atomic E-state index is -0.0447. The summed E-state index contributed by atoms with van der Waals surface area (Å²) < 4.78 is 6.01. The first-order chi connectivity index (χ1) is 11.2. The van der Waals surface area contributed by atoms with Crippen LogP contribution in [0.3, 0.4) is 0 Å². The molecular weight excluding hydrogens is 328 g/mol. The van der Waals surface area contributed by atoms with E-state index in [0.717, 1.165) is 37.6 Å². The summed E-state index contributed by atoms with van der Waals surface area (Å²) in [7, 11) is 0. The molecule has 0 radical (unpaired) electrons. The van der Waals surface area contributed by atoms with Crippen LogP contribution in [0.25, 0.3) is 6.08 Å². The van der Waals surface area contributed by atoms with Crippen LogP contribution >= 0.6 is 24.0 Å². The standard InChI is InChI=1S/C17H18N2O2S2/c1-2-7-19-16(20)15(23-17(19)22)12-13-5-3-4-6-14(13)18-8-10-21-11-9-18/h2-6,12H,1,7-11H2/b15-12+. The van der Waals surface area contributed by atoms with Gasteiger partial charge < -0.3 is 9.64 Å². The number of nitrogens with zero attached hydrogens (tertiary/aromatic N) is 2. The molecule has 1 amide bonds. The van der Waals surface area contributed by atoms with Gasteiger partial charge in [-0.1, -0.05) is 48.3 Å². The van der Waals surface area contributed by atoms with Crippen molar-refractivity contribution in [3.05, 3.63) is 47.4 Å². The van der Waals surface area contributed by atoms with E-state index in [2.05, 4.69) is 17.5 Å². The van der Waals surface area contributed by atoms with Gasteiger partial charge in [-0.3, -0.25) is 9.69 Å². The van der Waals surface area contributed by atoms with E-state index < -0.39 is 0 Å². The van der Waals surface area contributed by atoms with Crippen molar-refractivity contribution in [2.24, 2.45) is 0 Å². The summed E-state index contributed by atoms with van der Waals surface area (Å²) in [5.74, 6) is -0.0447. The molecule has 23 heavy (non-hydrogen) atoms. The van der Waals surface area contributed by atoms with E-state index >= 15 is 0 Å². The molecule has 1 aromatic rings. The molecule has 0 aliphatic carbocycles. The van der Waals surface area contributed by atoms with Crippen LogP contribution in [0.15, 0.2) is 41.8 Å². The Hall–Kier alpha value is -1.63. The van der Waals surface area contributed by atoms with Gasteiger partial charge >= 0.3 is 0 Å². The molecule has 2 fully saturated rings. The Morgan fingerprint density at radius 3 is 2.78 bits per heavy atom. The highest BCUT2D eigenvalue weighted by molar-refractivity contribution is 8.26. The molecule has 6 heteroatoms. The lowest BCUT2D eigenvalue weighted by molar-refractivity contribution is -0.121. The first-order valence-corrected chi connectivity index (χ1v) is 8.71. The number of thioether (sulfide) groups is 1. The van der Waals surface area contributed by atoms with Gasteiger partial charge in [0.1, 0.15) is 4.32 Å². The summed E-state index contributed by atoms with van der Waals surface area (Å²) in [5, 5.41) is 0. The molecule has 3 rings (SSSR count). The van der Waals surface area contributed by atoms with E-state index in [1.165, 1.54) is 11.8 Å². The maximum absolute atomic E-state index is 12.5. The van der Waals surface area contributed by atoms with Crippen molar-refractivity contribution in [1.82, 2.24) is 4.90 Å². The number of rotatable bonds is 4. The zero-order valence-corrected chi connectivity index (χ0v) is 14.4. The second-order valence-electron chi connectivity index (χ2n) is 5.24. The zero-order valence-electron chi connectivity index (χ0n) is 12.7. The lowest BCUT2D eigenvalue weighted by Gasteiger charge is -2.30. The monoisotopic (exact) mass is 346 g/mol. The van der Waals surface area contributed by atoms with Gasteiger partial charge in [-0.05, 0) is 17.7 Å². The fourth-order valence-corrected chi connectivity index (χ4v) is 3.90. The molecule has 0 N–H and O–H groups in total. The first kappa shape index (κ1) is 16.2. The van der Waals surface area contributed by atoms with Crippen molar-refractivity contribution in [2.45, 2.75) is 0 Å². The smallest absolute Gasteiger partial charge is 0.266 e. The average Bonchev–Trinajstić information content (AvgIpc) is 2.84. The van der Waals surface area contributed by atoms with Gasteiger partial charge in [-0.15, -0.1) is 6.58 Å². The normalized spacial score (nSPS) is 20.4. The van der Waals surface area contributed by atoms with Crippen LogP contribution in [0.2, 0.25) is 0 Å². The summed E-state index contributed by atoms with van der Waals surface area (Å²) >= 11 is 6.64. The number of hydrogen-bond donors (Lipinski definition) is 0. The minimum Gasteiger partial charge on any atom is -0.378 e. The number of anilines is 1. The SMILES string of the molecule is C=CCN1C(=O)/C(=C\c2ccccc2N2CCOCC2)SC1=S. The summed E-state index contributed by atoms with van der Waals surface area (Å²) in [6, 6.07) is 8.12. The number of benzene rings is 1. The average molecular weight is 346 g/mol. The van der Waals surface area contributed by atoms with E-state index in [4.69, 9.17) is 17.0 Å². The highest BCUT2D eigenvalue weighted by Crippen LogP contribution is 2.34. The van der Waals surface area contributed by atoms with Crippen LogP contribution in [-0.2, 0) is 9.53 Å². The molecule has 2 heterocycles. The molecule has 2 aliphatic rings. The van der Waals surface area contributed by atoms with Crippen molar-refractivity contribution >= 4 is 46.0 Å². The Balaban J connectivity index is 1.89. The number of para-hydroxylation sites is 1. The van der Waals surface area contributed by atoms with Crippen molar-refractivity contribution in [2.75, 3.05) is 37.7 Å². The van der Waals surface area contributed by atoms with Crippen molar-refractivity contribution < 1.29 is 9.53 Å². The topological polar surface area (TPSA) is 32.8 Å². The predicted molar refractivity (Wildman–Crippen MR) is 99.6 cm³/mol. The molecule has 2 aliphatic heterocycles. The van der Waals surface area contributed by atoms with Crippen LogP contribution in [0.4, 0.5) is 5.69 Å². The molecule has 0 unspecified atom stereocenters. The molecule has 4 nitrogen and oxygen atoms in total. The number of carbonyl (C=O) groups excluding carboxylic acids is 1. The van der Waals surface area contributed by atoms with Crippen molar-refractivity contribution in [1.29, 1.82) is 0 Å². The zero-order chi connectivity index (χ0) is 16.2. The second-order valence-corrected chi connectivity index (χ2v) is 6.91. The van der Waals surface area contributed by atoms with Crippen molar-refractivity contribution in [3.8, 4) is 0 Å². The largest absolute Gasteiger partial charge is 0.378 e.